The summed E-state index contributed by atoms with van der Waals surface area (Å²) in [4.78, 5) is 28.7. The zero-order valence-corrected chi connectivity index (χ0v) is 14.0. The lowest BCUT2D eigenvalue weighted by Gasteiger charge is -2.32. The lowest BCUT2D eigenvalue weighted by atomic mass is 10.0. The van der Waals surface area contributed by atoms with Crippen molar-refractivity contribution in [2.75, 3.05) is 18.1 Å². The van der Waals surface area contributed by atoms with Crippen LogP contribution in [0.4, 0.5) is 5.69 Å². The molecular formula is C20H20N2O2. The summed E-state index contributed by atoms with van der Waals surface area (Å²) in [6, 6.07) is 12.3. The average molecular weight is 320 g/mol. The molecular weight excluding hydrogens is 300 g/mol. The third kappa shape index (κ3) is 2.34. The maximum absolute atomic E-state index is 12.5. The molecule has 0 N–H and O–H groups in total. The molecule has 122 valence electrons. The summed E-state index contributed by atoms with van der Waals surface area (Å²) in [6.45, 7) is 6.08. The molecule has 0 bridgehead atoms. The number of amides is 1. The molecule has 0 saturated heterocycles. The van der Waals surface area contributed by atoms with Crippen LogP contribution in [0.1, 0.15) is 32.6 Å². The number of rotatable bonds is 2. The van der Waals surface area contributed by atoms with E-state index in [-0.39, 0.29) is 5.78 Å². The highest BCUT2D eigenvalue weighted by atomic mass is 16.2. The van der Waals surface area contributed by atoms with E-state index < -0.39 is 5.91 Å². The van der Waals surface area contributed by atoms with Gasteiger partial charge in [-0.05, 0) is 48.6 Å². The number of carbonyl (C=O) groups excluding carboxylic acids is 2. The van der Waals surface area contributed by atoms with E-state index in [0.29, 0.717) is 12.2 Å². The average Bonchev–Trinajstić information content (AvgIpc) is 2.79. The zero-order chi connectivity index (χ0) is 16.8. The Labute approximate surface area is 141 Å². The number of aryl methyl sites for hydroxylation is 2. The van der Waals surface area contributed by atoms with Gasteiger partial charge in [0.25, 0.3) is 5.78 Å². The second-order valence-corrected chi connectivity index (χ2v) is 6.75. The molecule has 1 amide bonds. The van der Waals surface area contributed by atoms with Crippen LogP contribution in [0.5, 0.6) is 0 Å². The lowest BCUT2D eigenvalue weighted by molar-refractivity contribution is -0.114. The van der Waals surface area contributed by atoms with Crippen LogP contribution in [0.3, 0.4) is 0 Å². The molecule has 2 aromatic carbocycles. The van der Waals surface area contributed by atoms with Gasteiger partial charge in [0, 0.05) is 13.1 Å². The van der Waals surface area contributed by atoms with Gasteiger partial charge in [0.2, 0.25) is 0 Å². The molecule has 4 heteroatoms. The van der Waals surface area contributed by atoms with Crippen molar-refractivity contribution < 1.29 is 9.59 Å². The number of benzene rings is 2. The van der Waals surface area contributed by atoms with E-state index in [2.05, 4.69) is 29.2 Å². The number of hydrogen-bond acceptors (Lipinski definition) is 3. The third-order valence-corrected chi connectivity index (χ3v) is 4.97. The highest BCUT2D eigenvalue weighted by molar-refractivity contribution is 6.52. The molecule has 0 radical (unpaired) electrons. The molecule has 0 aliphatic carbocycles. The number of nitrogens with zero attached hydrogens (tertiary/aromatic N) is 2. The fourth-order valence-corrected chi connectivity index (χ4v) is 3.81. The van der Waals surface area contributed by atoms with E-state index >= 15 is 0 Å². The smallest absolute Gasteiger partial charge is 0.291 e. The summed E-state index contributed by atoms with van der Waals surface area (Å²) in [5.74, 6) is -0.780. The van der Waals surface area contributed by atoms with E-state index in [9.17, 15) is 9.59 Å². The Bertz CT molecular complexity index is 857. The number of hydrogen-bond donors (Lipinski definition) is 0. The number of fused-ring (bicyclic) bond motifs is 2. The van der Waals surface area contributed by atoms with Gasteiger partial charge in [-0.25, -0.2) is 0 Å². The van der Waals surface area contributed by atoms with Gasteiger partial charge >= 0.3 is 5.91 Å². The third-order valence-electron chi connectivity index (χ3n) is 4.97. The Kier molecular flexibility index (Phi) is 3.50. The summed E-state index contributed by atoms with van der Waals surface area (Å²) >= 11 is 0. The molecule has 4 rings (SSSR count). The number of anilines is 1. The van der Waals surface area contributed by atoms with Crippen LogP contribution in [0, 0.1) is 13.8 Å². The van der Waals surface area contributed by atoms with Gasteiger partial charge in [-0.3, -0.25) is 19.4 Å². The van der Waals surface area contributed by atoms with Crippen LogP contribution in [-0.4, -0.2) is 29.8 Å². The van der Waals surface area contributed by atoms with E-state index in [4.69, 9.17) is 0 Å². The first-order valence-corrected chi connectivity index (χ1v) is 8.31. The largest absolute Gasteiger partial charge is 0.300 e. The molecule has 2 aromatic rings. The normalized spacial score (nSPS) is 17.2. The first kappa shape index (κ1) is 15.1. The maximum Gasteiger partial charge on any atom is 0.300 e. The van der Waals surface area contributed by atoms with E-state index in [1.54, 1.807) is 4.90 Å². The Morgan fingerprint density at radius 2 is 1.79 bits per heavy atom. The minimum atomic E-state index is -0.405. The fourth-order valence-electron chi connectivity index (χ4n) is 3.81. The van der Waals surface area contributed by atoms with Gasteiger partial charge in [0.15, 0.2) is 0 Å². The lowest BCUT2D eigenvalue weighted by Crippen LogP contribution is -2.43. The minimum Gasteiger partial charge on any atom is -0.291 e. The second-order valence-electron chi connectivity index (χ2n) is 6.75. The molecule has 24 heavy (non-hydrogen) atoms. The van der Waals surface area contributed by atoms with Crippen molar-refractivity contribution in [1.82, 2.24) is 4.90 Å². The number of carbonyl (C=O) groups is 2. The number of Topliss-reactive ketones (excluding diaryl/α,β-unsaturated/α-hetero) is 1. The van der Waals surface area contributed by atoms with Crippen molar-refractivity contribution >= 4 is 17.4 Å². The molecule has 0 fully saturated rings. The molecule has 2 heterocycles. The monoisotopic (exact) mass is 320 g/mol. The molecule has 0 atom stereocenters. The van der Waals surface area contributed by atoms with Crippen LogP contribution in [0.15, 0.2) is 36.4 Å². The van der Waals surface area contributed by atoms with Crippen LogP contribution < -0.4 is 4.90 Å². The van der Waals surface area contributed by atoms with Crippen molar-refractivity contribution in [1.29, 1.82) is 0 Å². The molecule has 0 unspecified atom stereocenters. The van der Waals surface area contributed by atoms with Gasteiger partial charge in [-0.15, -0.1) is 0 Å². The SMILES string of the molecule is Cc1cc(C)c2c(c1)N(CN1CCc3ccccc3C1)C(=O)C2=O. The Hall–Kier alpha value is -2.46. The van der Waals surface area contributed by atoms with Gasteiger partial charge in [0.05, 0.1) is 17.9 Å². The van der Waals surface area contributed by atoms with Crippen molar-refractivity contribution in [3.63, 3.8) is 0 Å². The molecule has 0 aromatic heterocycles. The van der Waals surface area contributed by atoms with Crippen molar-refractivity contribution in [2.24, 2.45) is 0 Å². The van der Waals surface area contributed by atoms with Gasteiger partial charge < -0.3 is 0 Å². The van der Waals surface area contributed by atoms with Gasteiger partial charge in [-0.1, -0.05) is 30.3 Å². The Morgan fingerprint density at radius 1 is 1.04 bits per heavy atom. The van der Waals surface area contributed by atoms with E-state index in [1.165, 1.54) is 11.1 Å². The Morgan fingerprint density at radius 3 is 2.58 bits per heavy atom. The maximum atomic E-state index is 12.5. The Balaban J connectivity index is 1.63. The van der Waals surface area contributed by atoms with Crippen molar-refractivity contribution in [3.05, 3.63) is 64.2 Å². The minimum absolute atomic E-state index is 0.375. The van der Waals surface area contributed by atoms with E-state index in [0.717, 1.165) is 36.3 Å². The van der Waals surface area contributed by atoms with Crippen LogP contribution in [0.25, 0.3) is 0 Å². The molecule has 2 aliphatic rings. The van der Waals surface area contributed by atoms with Gasteiger partial charge in [0.1, 0.15) is 0 Å². The summed E-state index contributed by atoms with van der Waals surface area (Å²) in [5.41, 5.74) is 5.98. The second kappa shape index (κ2) is 5.56. The summed E-state index contributed by atoms with van der Waals surface area (Å²) < 4.78 is 0. The molecule has 2 aliphatic heterocycles. The van der Waals surface area contributed by atoms with Crippen LogP contribution >= 0.6 is 0 Å². The topological polar surface area (TPSA) is 40.6 Å². The molecule has 0 saturated carbocycles. The predicted octanol–water partition coefficient (Wildman–Crippen LogP) is 2.85. The first-order valence-electron chi connectivity index (χ1n) is 8.31. The van der Waals surface area contributed by atoms with Crippen LogP contribution in [-0.2, 0) is 17.8 Å². The number of ketones is 1. The first-order chi connectivity index (χ1) is 11.5. The van der Waals surface area contributed by atoms with Crippen molar-refractivity contribution in [2.45, 2.75) is 26.8 Å². The summed E-state index contributed by atoms with van der Waals surface area (Å²) in [5, 5.41) is 0. The predicted molar refractivity (Wildman–Crippen MR) is 93.2 cm³/mol. The quantitative estimate of drug-likeness (QED) is 0.799. The standard InChI is InChI=1S/C20H20N2O2/c1-13-9-14(2)18-17(10-13)22(20(24)19(18)23)12-21-8-7-15-5-3-4-6-16(15)11-21/h3-6,9-10H,7-8,11-12H2,1-2H3. The van der Waals surface area contributed by atoms with Crippen molar-refractivity contribution in [3.8, 4) is 0 Å². The zero-order valence-electron chi connectivity index (χ0n) is 14.0. The van der Waals surface area contributed by atoms with E-state index in [1.807, 2.05) is 26.0 Å². The summed E-state index contributed by atoms with van der Waals surface area (Å²) in [7, 11) is 0. The molecule has 4 nitrogen and oxygen atoms in total. The highest BCUT2D eigenvalue weighted by Crippen LogP contribution is 2.33. The highest BCUT2D eigenvalue weighted by Gasteiger charge is 2.38. The molecule has 0 spiro atoms. The fraction of sp³-hybridized carbons (Fsp3) is 0.300. The summed E-state index contributed by atoms with van der Waals surface area (Å²) in [6.07, 6.45) is 0.978. The van der Waals surface area contributed by atoms with Crippen LogP contribution in [0.2, 0.25) is 0 Å². The van der Waals surface area contributed by atoms with Gasteiger partial charge in [-0.2, -0.15) is 0 Å².